The Morgan fingerprint density at radius 3 is 2.23 bits per heavy atom. The molecule has 0 N–H and O–H groups in total. The number of hydrogen-bond donors (Lipinski definition) is 0. The normalized spacial score (nSPS) is 30.9. The molecule has 3 saturated carbocycles. The number of carbonyl (C=O) groups excluding carboxylic acids is 3. The van der Waals surface area contributed by atoms with Crippen LogP contribution in [-0.2, 0) is 14.4 Å². The summed E-state index contributed by atoms with van der Waals surface area (Å²) >= 11 is 0. The van der Waals surface area contributed by atoms with Gasteiger partial charge in [0.15, 0.2) is 0 Å². The number of amides is 2. The first-order valence-electron chi connectivity index (χ1n) is 11.6. The molecule has 1 aromatic rings. The lowest BCUT2D eigenvalue weighted by atomic mass is 9.59. The molecule has 3 aliphatic carbocycles. The third kappa shape index (κ3) is 3.77. The number of piperazine rings is 1. The van der Waals surface area contributed by atoms with Crippen molar-refractivity contribution < 1.29 is 18.8 Å². The summed E-state index contributed by atoms with van der Waals surface area (Å²) in [6, 6.07) is 6.65. The molecule has 166 valence electrons. The van der Waals surface area contributed by atoms with E-state index in [1.54, 1.807) is 0 Å². The lowest BCUT2D eigenvalue weighted by Gasteiger charge is -2.41. The summed E-state index contributed by atoms with van der Waals surface area (Å²) in [4.78, 5) is 44.1. The van der Waals surface area contributed by atoms with Crippen molar-refractivity contribution >= 4 is 23.3 Å². The number of carbonyl (C=O) groups is 3. The minimum Gasteiger partial charge on any atom is -0.369 e. The molecule has 6 rings (SSSR count). The van der Waals surface area contributed by atoms with Gasteiger partial charge in [0.25, 0.3) is 0 Å². The zero-order valence-electron chi connectivity index (χ0n) is 17.8. The van der Waals surface area contributed by atoms with Crippen LogP contribution in [0.25, 0.3) is 0 Å². The average Bonchev–Trinajstić information content (AvgIpc) is 3.04. The molecule has 0 spiro atoms. The Morgan fingerprint density at radius 1 is 0.839 bits per heavy atom. The Bertz CT molecular complexity index is 865. The number of ketones is 1. The van der Waals surface area contributed by atoms with Crippen molar-refractivity contribution in [1.82, 2.24) is 9.80 Å². The molecule has 5 fully saturated rings. The highest BCUT2D eigenvalue weighted by Gasteiger charge is 2.60. The van der Waals surface area contributed by atoms with Gasteiger partial charge in [-0.05, 0) is 62.4 Å². The predicted molar refractivity (Wildman–Crippen MR) is 114 cm³/mol. The molecule has 0 radical (unpaired) electrons. The molecule has 0 aromatic heterocycles. The van der Waals surface area contributed by atoms with E-state index in [9.17, 15) is 18.8 Å². The summed E-state index contributed by atoms with van der Waals surface area (Å²) in [6.45, 7) is 5.16. The van der Waals surface area contributed by atoms with Gasteiger partial charge in [0.1, 0.15) is 11.6 Å². The van der Waals surface area contributed by atoms with Gasteiger partial charge in [0.2, 0.25) is 11.8 Å². The number of anilines is 1. The Labute approximate surface area is 182 Å². The zero-order chi connectivity index (χ0) is 21.5. The van der Waals surface area contributed by atoms with Gasteiger partial charge in [-0.3, -0.25) is 24.2 Å². The molecule has 2 amide bonds. The number of likely N-dealkylation sites (tertiary alicyclic amines) is 1. The van der Waals surface area contributed by atoms with Crippen LogP contribution in [0.2, 0.25) is 0 Å². The molecular formula is C24H30FN3O3. The minimum absolute atomic E-state index is 0.0230. The molecule has 6 nitrogen and oxygen atoms in total. The summed E-state index contributed by atoms with van der Waals surface area (Å²) < 4.78 is 13.1. The van der Waals surface area contributed by atoms with Crippen LogP contribution in [0.4, 0.5) is 10.1 Å². The second kappa shape index (κ2) is 8.34. The molecule has 31 heavy (non-hydrogen) atoms. The average molecular weight is 428 g/mol. The van der Waals surface area contributed by atoms with Gasteiger partial charge in [0.05, 0.1) is 11.8 Å². The van der Waals surface area contributed by atoms with E-state index < -0.39 is 0 Å². The third-order valence-corrected chi connectivity index (χ3v) is 7.83. The van der Waals surface area contributed by atoms with Crippen molar-refractivity contribution in [3.8, 4) is 0 Å². The first kappa shape index (κ1) is 20.6. The van der Waals surface area contributed by atoms with E-state index >= 15 is 0 Å². The molecule has 2 saturated heterocycles. The highest BCUT2D eigenvalue weighted by molar-refractivity contribution is 6.08. The Kier molecular flexibility index (Phi) is 5.54. The van der Waals surface area contributed by atoms with Crippen molar-refractivity contribution in [2.75, 3.05) is 44.2 Å². The minimum atomic E-state index is -0.368. The van der Waals surface area contributed by atoms with Crippen molar-refractivity contribution in [3.63, 3.8) is 0 Å². The number of benzene rings is 1. The van der Waals surface area contributed by atoms with Gasteiger partial charge in [-0.15, -0.1) is 0 Å². The van der Waals surface area contributed by atoms with Gasteiger partial charge >= 0.3 is 0 Å². The van der Waals surface area contributed by atoms with Crippen molar-refractivity contribution in [3.05, 3.63) is 30.1 Å². The summed E-state index contributed by atoms with van der Waals surface area (Å²) in [5.74, 6) is -0.863. The third-order valence-electron chi connectivity index (χ3n) is 7.83. The standard InChI is InChI=1S/C24H30FN3O3/c25-17-4-6-18(7-5-17)27-13-11-26(12-14-27)9-1-2-10-28-23(30)21-16-3-8-19(20(29)15-16)22(21)24(28)31/h4-7,16,19,21-22H,1-3,8-15H2. The van der Waals surface area contributed by atoms with E-state index in [0.717, 1.165) is 64.1 Å². The number of Topliss-reactive ketones (excluding diaryl/α,β-unsaturated/α-hetero) is 1. The van der Waals surface area contributed by atoms with Crippen LogP contribution in [0.15, 0.2) is 24.3 Å². The van der Waals surface area contributed by atoms with E-state index in [-0.39, 0.29) is 47.1 Å². The van der Waals surface area contributed by atoms with Crippen LogP contribution in [-0.4, -0.2) is 66.7 Å². The molecule has 2 bridgehead atoms. The van der Waals surface area contributed by atoms with Crippen LogP contribution < -0.4 is 4.90 Å². The fraction of sp³-hybridized carbons (Fsp3) is 0.625. The first-order valence-corrected chi connectivity index (χ1v) is 11.6. The van der Waals surface area contributed by atoms with E-state index in [4.69, 9.17) is 0 Å². The molecule has 5 aliphatic rings. The van der Waals surface area contributed by atoms with Crippen LogP contribution in [0.1, 0.15) is 32.1 Å². The van der Waals surface area contributed by atoms with E-state index in [1.807, 2.05) is 12.1 Å². The summed E-state index contributed by atoms with van der Waals surface area (Å²) in [5, 5.41) is 0. The SMILES string of the molecule is O=C1CC2CCC1C1C(=O)N(CCCCN3CCN(c4ccc(F)cc4)CC3)C(=O)C21. The maximum Gasteiger partial charge on any atom is 0.233 e. The van der Waals surface area contributed by atoms with Gasteiger partial charge in [-0.2, -0.15) is 0 Å². The topological polar surface area (TPSA) is 60.9 Å². The maximum absolute atomic E-state index is 13.1. The van der Waals surface area contributed by atoms with Crippen molar-refractivity contribution in [2.45, 2.75) is 32.1 Å². The Hall–Kier alpha value is -2.28. The van der Waals surface area contributed by atoms with E-state index in [2.05, 4.69) is 9.80 Å². The van der Waals surface area contributed by atoms with Gasteiger partial charge in [0, 0.05) is 50.7 Å². The van der Waals surface area contributed by atoms with Gasteiger partial charge in [-0.25, -0.2) is 4.39 Å². The fourth-order valence-electron chi connectivity index (χ4n) is 6.15. The summed E-state index contributed by atoms with van der Waals surface area (Å²) in [7, 11) is 0. The largest absolute Gasteiger partial charge is 0.369 e. The van der Waals surface area contributed by atoms with Crippen molar-refractivity contribution in [1.29, 1.82) is 0 Å². The number of nitrogens with zero attached hydrogens (tertiary/aromatic N) is 3. The molecule has 2 heterocycles. The number of rotatable bonds is 6. The fourth-order valence-corrected chi connectivity index (χ4v) is 6.15. The number of imide groups is 1. The number of unbranched alkanes of at least 4 members (excludes halogenated alkanes) is 1. The smallest absolute Gasteiger partial charge is 0.233 e. The molecule has 7 heteroatoms. The summed E-state index contributed by atoms with van der Waals surface area (Å²) in [6.07, 6.45) is 3.92. The summed E-state index contributed by atoms with van der Waals surface area (Å²) in [5.41, 5.74) is 1.06. The second-order valence-electron chi connectivity index (χ2n) is 9.51. The first-order chi connectivity index (χ1) is 15.0. The van der Waals surface area contributed by atoms with Crippen LogP contribution in [0.3, 0.4) is 0 Å². The second-order valence-corrected chi connectivity index (χ2v) is 9.51. The number of hydrogen-bond acceptors (Lipinski definition) is 5. The Balaban J connectivity index is 1.07. The lowest BCUT2D eigenvalue weighted by molar-refractivity contribution is -0.144. The highest BCUT2D eigenvalue weighted by Crippen LogP contribution is 2.51. The molecule has 4 unspecified atom stereocenters. The number of fused-ring (bicyclic) bond motifs is 2. The maximum atomic E-state index is 13.1. The molecular weight excluding hydrogens is 397 g/mol. The molecule has 2 aliphatic heterocycles. The highest BCUT2D eigenvalue weighted by atomic mass is 19.1. The zero-order valence-corrected chi connectivity index (χ0v) is 17.8. The van der Waals surface area contributed by atoms with Gasteiger partial charge < -0.3 is 4.90 Å². The van der Waals surface area contributed by atoms with Gasteiger partial charge in [-0.1, -0.05) is 0 Å². The number of halogens is 1. The van der Waals surface area contributed by atoms with Crippen LogP contribution in [0.5, 0.6) is 0 Å². The van der Waals surface area contributed by atoms with Crippen LogP contribution >= 0.6 is 0 Å². The quantitative estimate of drug-likeness (QED) is 0.515. The predicted octanol–water partition coefficient (Wildman–Crippen LogP) is 2.33. The van der Waals surface area contributed by atoms with E-state index in [0.29, 0.717) is 13.0 Å². The van der Waals surface area contributed by atoms with Crippen LogP contribution in [0, 0.1) is 29.5 Å². The monoisotopic (exact) mass is 427 g/mol. The van der Waals surface area contributed by atoms with E-state index in [1.165, 1.54) is 17.0 Å². The molecule has 1 aromatic carbocycles. The Morgan fingerprint density at radius 2 is 1.52 bits per heavy atom. The van der Waals surface area contributed by atoms with Crippen molar-refractivity contribution in [2.24, 2.45) is 23.7 Å². The lowest BCUT2D eigenvalue weighted by Crippen LogP contribution is -2.46. The molecule has 4 atom stereocenters.